The first kappa shape index (κ1) is 12.7. The van der Waals surface area contributed by atoms with Crippen LogP contribution in [0, 0.1) is 6.92 Å². The molecule has 0 aliphatic rings. The molecule has 5 nitrogen and oxygen atoms in total. The summed E-state index contributed by atoms with van der Waals surface area (Å²) >= 11 is 6.06. The fourth-order valence-corrected chi connectivity index (χ4v) is 2.12. The number of nitrogens with zero attached hydrogens (tertiary/aromatic N) is 3. The molecule has 0 fully saturated rings. The summed E-state index contributed by atoms with van der Waals surface area (Å²) in [6.07, 6.45) is 3.14. The zero-order valence-corrected chi connectivity index (χ0v) is 11.6. The summed E-state index contributed by atoms with van der Waals surface area (Å²) in [6, 6.07) is 9.46. The van der Waals surface area contributed by atoms with E-state index in [0.29, 0.717) is 11.6 Å². The minimum absolute atomic E-state index is 0.579. The van der Waals surface area contributed by atoms with Crippen LogP contribution in [-0.2, 0) is 6.54 Å². The Bertz CT molecular complexity index is 706. The van der Waals surface area contributed by atoms with Crippen molar-refractivity contribution in [2.24, 2.45) is 0 Å². The van der Waals surface area contributed by atoms with E-state index in [1.54, 1.807) is 11.0 Å². The number of aromatic nitrogens is 3. The Morgan fingerprint density at radius 2 is 2.20 bits per heavy atom. The topological polar surface area (TPSA) is 55.9 Å². The maximum Gasteiger partial charge on any atom is 0.138 e. The number of benzene rings is 1. The molecule has 3 rings (SSSR count). The second-order valence-corrected chi connectivity index (χ2v) is 4.80. The number of nitrogens with one attached hydrogen (secondary N) is 1. The van der Waals surface area contributed by atoms with E-state index in [-0.39, 0.29) is 0 Å². The van der Waals surface area contributed by atoms with Crippen molar-refractivity contribution in [3.8, 4) is 5.69 Å². The second-order valence-electron chi connectivity index (χ2n) is 4.37. The number of aryl methyl sites for hydroxylation is 1. The molecule has 0 bridgehead atoms. The summed E-state index contributed by atoms with van der Waals surface area (Å²) in [4.78, 5) is 3.96. The lowest BCUT2D eigenvalue weighted by Crippen LogP contribution is -2.04. The van der Waals surface area contributed by atoms with Crippen LogP contribution < -0.4 is 5.32 Å². The minimum Gasteiger partial charge on any atom is -0.465 e. The van der Waals surface area contributed by atoms with E-state index in [2.05, 4.69) is 15.4 Å². The zero-order chi connectivity index (χ0) is 13.9. The van der Waals surface area contributed by atoms with Crippen LogP contribution in [0.1, 0.15) is 11.5 Å². The summed E-state index contributed by atoms with van der Waals surface area (Å²) in [5.41, 5.74) is 1.76. The van der Waals surface area contributed by atoms with Gasteiger partial charge in [0, 0.05) is 5.02 Å². The Balaban J connectivity index is 1.86. The molecule has 6 heteroatoms. The lowest BCUT2D eigenvalue weighted by Gasteiger charge is -2.11. The molecular formula is C14H13ClN4O. The van der Waals surface area contributed by atoms with Crippen LogP contribution in [-0.4, -0.2) is 14.8 Å². The average molecular weight is 289 g/mol. The number of anilines is 1. The smallest absolute Gasteiger partial charge is 0.138 e. The third-order valence-corrected chi connectivity index (χ3v) is 3.11. The first-order chi connectivity index (χ1) is 9.72. The van der Waals surface area contributed by atoms with Crippen LogP contribution in [0.2, 0.25) is 5.02 Å². The monoisotopic (exact) mass is 288 g/mol. The molecule has 1 N–H and O–H groups in total. The van der Waals surface area contributed by atoms with Crippen LogP contribution in [0.25, 0.3) is 5.69 Å². The fraction of sp³-hybridized carbons (Fsp3) is 0.143. The lowest BCUT2D eigenvalue weighted by molar-refractivity contribution is 0.490. The highest BCUT2D eigenvalue weighted by Gasteiger charge is 2.07. The number of hydrogen-bond donors (Lipinski definition) is 1. The van der Waals surface area contributed by atoms with Gasteiger partial charge in [0.05, 0.1) is 17.9 Å². The molecule has 0 atom stereocenters. The fourth-order valence-electron chi connectivity index (χ4n) is 1.94. The van der Waals surface area contributed by atoms with Gasteiger partial charge >= 0.3 is 0 Å². The van der Waals surface area contributed by atoms with Gasteiger partial charge in [-0.1, -0.05) is 11.6 Å². The number of furan rings is 1. The molecule has 2 aromatic heterocycles. The van der Waals surface area contributed by atoms with Gasteiger partial charge in [0.2, 0.25) is 0 Å². The van der Waals surface area contributed by atoms with Crippen molar-refractivity contribution in [2.45, 2.75) is 13.5 Å². The third-order valence-electron chi connectivity index (χ3n) is 2.87. The van der Waals surface area contributed by atoms with Crippen LogP contribution in [0.15, 0.2) is 47.4 Å². The van der Waals surface area contributed by atoms with Gasteiger partial charge in [0.15, 0.2) is 0 Å². The Morgan fingerprint density at radius 1 is 1.30 bits per heavy atom. The Morgan fingerprint density at radius 3 is 2.90 bits per heavy atom. The van der Waals surface area contributed by atoms with E-state index >= 15 is 0 Å². The zero-order valence-electron chi connectivity index (χ0n) is 10.9. The van der Waals surface area contributed by atoms with Crippen molar-refractivity contribution < 1.29 is 4.42 Å². The average Bonchev–Trinajstić information content (AvgIpc) is 3.08. The first-order valence-electron chi connectivity index (χ1n) is 6.16. The van der Waals surface area contributed by atoms with Crippen LogP contribution in [0.4, 0.5) is 5.69 Å². The maximum absolute atomic E-state index is 6.06. The second kappa shape index (κ2) is 5.38. The summed E-state index contributed by atoms with van der Waals surface area (Å²) in [7, 11) is 0. The SMILES string of the molecule is Cc1ccc(CNc2cc(Cl)ccc2-n2cncn2)o1. The van der Waals surface area contributed by atoms with Gasteiger partial charge in [-0.2, -0.15) is 5.10 Å². The van der Waals surface area contributed by atoms with Gasteiger partial charge < -0.3 is 9.73 Å². The van der Waals surface area contributed by atoms with Crippen molar-refractivity contribution in [1.82, 2.24) is 14.8 Å². The van der Waals surface area contributed by atoms with Crippen LogP contribution >= 0.6 is 11.6 Å². The van der Waals surface area contributed by atoms with Crippen LogP contribution in [0.3, 0.4) is 0 Å². The molecule has 3 aromatic rings. The molecule has 0 saturated heterocycles. The molecule has 102 valence electrons. The molecule has 0 radical (unpaired) electrons. The number of hydrogen-bond acceptors (Lipinski definition) is 4. The summed E-state index contributed by atoms with van der Waals surface area (Å²) in [6.45, 7) is 2.50. The van der Waals surface area contributed by atoms with Crippen molar-refractivity contribution in [3.05, 3.63) is 59.5 Å². The van der Waals surface area contributed by atoms with Crippen molar-refractivity contribution in [2.75, 3.05) is 5.32 Å². The molecule has 2 heterocycles. The lowest BCUT2D eigenvalue weighted by atomic mass is 10.2. The molecule has 1 aromatic carbocycles. The predicted octanol–water partition coefficient (Wildman–Crippen LogP) is 3.43. The van der Waals surface area contributed by atoms with Crippen molar-refractivity contribution in [1.29, 1.82) is 0 Å². The van der Waals surface area contributed by atoms with Crippen molar-refractivity contribution >= 4 is 17.3 Å². The minimum atomic E-state index is 0.579. The van der Waals surface area contributed by atoms with E-state index in [1.165, 1.54) is 6.33 Å². The normalized spacial score (nSPS) is 10.7. The Hall–Kier alpha value is -2.27. The highest BCUT2D eigenvalue weighted by Crippen LogP contribution is 2.24. The van der Waals surface area contributed by atoms with Crippen molar-refractivity contribution in [3.63, 3.8) is 0 Å². The van der Waals surface area contributed by atoms with E-state index in [0.717, 1.165) is 22.9 Å². The van der Waals surface area contributed by atoms with Gasteiger partial charge in [0.1, 0.15) is 24.2 Å². The molecule has 20 heavy (non-hydrogen) atoms. The highest BCUT2D eigenvalue weighted by molar-refractivity contribution is 6.31. The van der Waals surface area contributed by atoms with E-state index in [9.17, 15) is 0 Å². The first-order valence-corrected chi connectivity index (χ1v) is 6.54. The highest BCUT2D eigenvalue weighted by atomic mass is 35.5. The van der Waals surface area contributed by atoms with Crippen LogP contribution in [0.5, 0.6) is 0 Å². The Labute approximate surface area is 121 Å². The number of halogens is 1. The standard InChI is InChI=1S/C14H13ClN4O/c1-10-2-4-12(20-10)7-17-13-6-11(15)3-5-14(13)19-9-16-8-18-19/h2-6,8-9,17H,7H2,1H3. The molecule has 0 spiro atoms. The van der Waals surface area contributed by atoms with E-state index < -0.39 is 0 Å². The van der Waals surface area contributed by atoms with Gasteiger partial charge in [0.25, 0.3) is 0 Å². The largest absolute Gasteiger partial charge is 0.465 e. The van der Waals surface area contributed by atoms with Gasteiger partial charge in [-0.3, -0.25) is 0 Å². The predicted molar refractivity (Wildman–Crippen MR) is 77.1 cm³/mol. The summed E-state index contributed by atoms with van der Waals surface area (Å²) in [5, 5.41) is 8.10. The molecule has 0 aliphatic heterocycles. The van der Waals surface area contributed by atoms with Gasteiger partial charge in [-0.15, -0.1) is 0 Å². The molecule has 0 unspecified atom stereocenters. The quantitative estimate of drug-likeness (QED) is 0.799. The molecule has 0 saturated carbocycles. The maximum atomic E-state index is 6.06. The summed E-state index contributed by atoms with van der Waals surface area (Å²) < 4.78 is 7.22. The van der Waals surface area contributed by atoms with E-state index in [1.807, 2.05) is 37.3 Å². The number of rotatable bonds is 4. The summed E-state index contributed by atoms with van der Waals surface area (Å²) in [5.74, 6) is 1.76. The van der Waals surface area contributed by atoms with E-state index in [4.69, 9.17) is 16.0 Å². The van der Waals surface area contributed by atoms with Gasteiger partial charge in [-0.25, -0.2) is 9.67 Å². The third kappa shape index (κ3) is 2.67. The van der Waals surface area contributed by atoms with Gasteiger partial charge in [-0.05, 0) is 37.3 Å². The Kier molecular flexibility index (Phi) is 3.43. The molecule has 0 amide bonds. The molecular weight excluding hydrogens is 276 g/mol. The molecule has 0 aliphatic carbocycles.